The summed E-state index contributed by atoms with van der Waals surface area (Å²) in [7, 11) is 0. The lowest BCUT2D eigenvalue weighted by Gasteiger charge is -2.41. The van der Waals surface area contributed by atoms with Crippen LogP contribution in [0.5, 0.6) is 0 Å². The molecule has 6 nitrogen and oxygen atoms in total. The van der Waals surface area contributed by atoms with Crippen LogP contribution in [0.25, 0.3) is 0 Å². The highest BCUT2D eigenvalue weighted by atomic mass is 19.4. The maximum atomic E-state index is 13.4. The van der Waals surface area contributed by atoms with Gasteiger partial charge in [-0.05, 0) is 81.9 Å². The van der Waals surface area contributed by atoms with Crippen LogP contribution < -0.4 is 0 Å². The number of carboxylic acid groups (broad SMARTS) is 1. The highest BCUT2D eigenvalue weighted by Gasteiger charge is 2.46. The van der Waals surface area contributed by atoms with E-state index in [1.807, 2.05) is 0 Å². The van der Waals surface area contributed by atoms with E-state index in [4.69, 9.17) is 19.3 Å². The minimum absolute atomic E-state index is 0.0176. The van der Waals surface area contributed by atoms with E-state index >= 15 is 0 Å². The van der Waals surface area contributed by atoms with Crippen molar-refractivity contribution >= 4 is 11.9 Å². The number of benzene rings is 2. The first-order valence-corrected chi connectivity index (χ1v) is 15.1. The summed E-state index contributed by atoms with van der Waals surface area (Å²) >= 11 is 0. The molecule has 2 aliphatic rings. The van der Waals surface area contributed by atoms with Crippen molar-refractivity contribution < 1.29 is 55.2 Å². The van der Waals surface area contributed by atoms with E-state index in [0.717, 1.165) is 25.0 Å². The average Bonchev–Trinajstić information content (AvgIpc) is 2.95. The molecule has 0 spiro atoms. The molecule has 252 valence electrons. The number of esters is 1. The smallest absolute Gasteiger partial charge is 0.416 e. The van der Waals surface area contributed by atoms with E-state index in [9.17, 15) is 35.9 Å². The molecule has 0 radical (unpaired) electrons. The number of alkyl halides is 6. The molecule has 4 rings (SSSR count). The van der Waals surface area contributed by atoms with Crippen LogP contribution in [0.4, 0.5) is 26.3 Å². The van der Waals surface area contributed by atoms with Crippen LogP contribution in [0, 0.1) is 0 Å². The van der Waals surface area contributed by atoms with Gasteiger partial charge in [-0.15, -0.1) is 0 Å². The van der Waals surface area contributed by atoms with Crippen LogP contribution in [0.1, 0.15) is 81.5 Å². The topological polar surface area (TPSA) is 82.1 Å². The lowest BCUT2D eigenvalue weighted by Crippen LogP contribution is -2.35. The zero-order chi connectivity index (χ0) is 34.2. The van der Waals surface area contributed by atoms with E-state index < -0.39 is 46.2 Å². The first kappa shape index (κ1) is 36.5. The summed E-state index contributed by atoms with van der Waals surface area (Å²) in [5.41, 5.74) is -2.84. The highest BCUT2D eigenvalue weighted by Crippen LogP contribution is 2.51. The second kappa shape index (κ2) is 15.1. The van der Waals surface area contributed by atoms with Crippen LogP contribution in [-0.4, -0.2) is 36.9 Å². The minimum atomic E-state index is -4.47. The molecule has 2 aliphatic carbocycles. The molecule has 2 aromatic carbocycles. The van der Waals surface area contributed by atoms with E-state index in [1.165, 1.54) is 36.4 Å². The predicted molar refractivity (Wildman–Crippen MR) is 158 cm³/mol. The number of aliphatic carboxylic acids is 1. The normalized spacial score (nSPS) is 17.4. The number of allylic oxidation sites excluding steroid dienone is 2. The van der Waals surface area contributed by atoms with Crippen LogP contribution in [-0.2, 0) is 47.0 Å². The summed E-state index contributed by atoms with van der Waals surface area (Å²) in [5, 5.41) is 9.15. The largest absolute Gasteiger partial charge is 0.487 e. The number of carboxylic acids is 1. The molecule has 46 heavy (non-hydrogen) atoms. The van der Waals surface area contributed by atoms with Crippen molar-refractivity contribution in [1.82, 2.24) is 0 Å². The van der Waals surface area contributed by atoms with Gasteiger partial charge in [0.1, 0.15) is 0 Å². The molecule has 2 fully saturated rings. The third-order valence-electron chi connectivity index (χ3n) is 8.13. The molecule has 0 aliphatic heterocycles. The van der Waals surface area contributed by atoms with Gasteiger partial charge in [0.05, 0.1) is 30.9 Å². The first-order chi connectivity index (χ1) is 21.6. The van der Waals surface area contributed by atoms with Gasteiger partial charge in [-0.2, -0.15) is 26.3 Å². The SMILES string of the molecule is CCOC(=CC1(c2ccccc2C(F)(F)F)CCC1)C(=O)O.CCOC(=O)C(=CC1(c2ccccc2C(F)(F)F)CCC1)OCC. The van der Waals surface area contributed by atoms with E-state index in [-0.39, 0.29) is 42.5 Å². The Hall–Kier alpha value is -3.96. The Balaban J connectivity index is 0.000000251. The van der Waals surface area contributed by atoms with Crippen LogP contribution in [0.2, 0.25) is 0 Å². The summed E-state index contributed by atoms with van der Waals surface area (Å²) in [6.07, 6.45) is -2.48. The predicted octanol–water partition coefficient (Wildman–Crippen LogP) is 8.74. The number of hydrogen-bond donors (Lipinski definition) is 1. The summed E-state index contributed by atoms with van der Waals surface area (Å²) in [6.45, 7) is 5.57. The van der Waals surface area contributed by atoms with Crippen molar-refractivity contribution in [2.24, 2.45) is 0 Å². The number of hydrogen-bond acceptors (Lipinski definition) is 5. The highest BCUT2D eigenvalue weighted by molar-refractivity contribution is 5.86. The first-order valence-electron chi connectivity index (χ1n) is 15.1. The number of carbonyl (C=O) groups excluding carboxylic acids is 1. The van der Waals surface area contributed by atoms with E-state index in [2.05, 4.69) is 0 Å². The molecular formula is C34H38F6O6. The molecular weight excluding hydrogens is 618 g/mol. The fourth-order valence-corrected chi connectivity index (χ4v) is 5.77. The third-order valence-corrected chi connectivity index (χ3v) is 8.13. The molecule has 2 aromatic rings. The van der Waals surface area contributed by atoms with Crippen LogP contribution in [0.3, 0.4) is 0 Å². The molecule has 1 N–H and O–H groups in total. The quantitative estimate of drug-likeness (QED) is 0.113. The molecule has 0 amide bonds. The maximum absolute atomic E-state index is 13.4. The number of halogens is 6. The summed E-state index contributed by atoms with van der Waals surface area (Å²) in [6, 6.07) is 10.8. The zero-order valence-electron chi connectivity index (χ0n) is 25.9. The van der Waals surface area contributed by atoms with Gasteiger partial charge in [0.25, 0.3) is 0 Å². The van der Waals surface area contributed by atoms with Crippen LogP contribution in [0.15, 0.2) is 72.2 Å². The number of carbonyl (C=O) groups is 2. The lowest BCUT2D eigenvalue weighted by molar-refractivity contribution is -0.142. The Kier molecular flexibility index (Phi) is 12.0. The molecule has 0 bridgehead atoms. The Labute approximate surface area is 264 Å². The number of ether oxygens (including phenoxy) is 3. The van der Waals surface area contributed by atoms with Crippen LogP contribution >= 0.6 is 0 Å². The molecule has 0 atom stereocenters. The van der Waals surface area contributed by atoms with Crippen molar-refractivity contribution in [3.05, 3.63) is 94.5 Å². The van der Waals surface area contributed by atoms with Gasteiger partial charge in [-0.25, -0.2) is 9.59 Å². The molecule has 2 saturated carbocycles. The monoisotopic (exact) mass is 656 g/mol. The molecule has 0 saturated heterocycles. The van der Waals surface area contributed by atoms with E-state index in [0.29, 0.717) is 25.7 Å². The molecule has 0 heterocycles. The summed E-state index contributed by atoms with van der Waals surface area (Å²) in [4.78, 5) is 23.2. The number of rotatable bonds is 11. The fraction of sp³-hybridized carbons (Fsp3) is 0.471. The molecule has 0 aromatic heterocycles. The van der Waals surface area contributed by atoms with Crippen molar-refractivity contribution in [3.63, 3.8) is 0 Å². The Bertz CT molecular complexity index is 1420. The second-order valence-electron chi connectivity index (χ2n) is 11.0. The van der Waals surface area contributed by atoms with Crippen molar-refractivity contribution in [1.29, 1.82) is 0 Å². The lowest BCUT2D eigenvalue weighted by atomic mass is 9.63. The maximum Gasteiger partial charge on any atom is 0.416 e. The Morgan fingerprint density at radius 1 is 0.674 bits per heavy atom. The van der Waals surface area contributed by atoms with Gasteiger partial charge < -0.3 is 19.3 Å². The van der Waals surface area contributed by atoms with Gasteiger partial charge in [-0.1, -0.05) is 49.2 Å². The summed E-state index contributed by atoms with van der Waals surface area (Å²) < 4.78 is 95.1. The van der Waals surface area contributed by atoms with Gasteiger partial charge in [-0.3, -0.25) is 0 Å². The Morgan fingerprint density at radius 2 is 1.04 bits per heavy atom. The van der Waals surface area contributed by atoms with Crippen molar-refractivity contribution in [3.8, 4) is 0 Å². The van der Waals surface area contributed by atoms with Gasteiger partial charge in [0.15, 0.2) is 0 Å². The molecule has 12 heteroatoms. The van der Waals surface area contributed by atoms with Crippen molar-refractivity contribution in [2.45, 2.75) is 82.5 Å². The summed E-state index contributed by atoms with van der Waals surface area (Å²) in [5.74, 6) is -2.22. The standard InChI is InChI=1S/C18H21F3O3.C16H17F3O3/c1-3-23-15(16(22)24-4-2)12-17(10-7-11-17)13-8-5-6-9-14(13)18(19,20)21;1-2-22-13(14(20)21)10-15(8-5-9-15)11-6-3-4-7-12(11)16(17,18)19/h5-6,8-9,12H,3-4,7,10-11H2,1-2H3;3-4,6-7,10H,2,5,8-9H2,1H3,(H,20,21). The third kappa shape index (κ3) is 8.44. The fourth-order valence-electron chi connectivity index (χ4n) is 5.77. The molecule has 0 unspecified atom stereocenters. The Morgan fingerprint density at radius 3 is 1.37 bits per heavy atom. The van der Waals surface area contributed by atoms with Gasteiger partial charge >= 0.3 is 24.3 Å². The van der Waals surface area contributed by atoms with Gasteiger partial charge in [0, 0.05) is 10.8 Å². The van der Waals surface area contributed by atoms with E-state index in [1.54, 1.807) is 32.9 Å². The second-order valence-corrected chi connectivity index (χ2v) is 11.0. The van der Waals surface area contributed by atoms with Gasteiger partial charge in [0.2, 0.25) is 11.5 Å². The zero-order valence-corrected chi connectivity index (χ0v) is 25.9. The average molecular weight is 657 g/mol. The van der Waals surface area contributed by atoms with Crippen molar-refractivity contribution in [2.75, 3.05) is 19.8 Å². The minimum Gasteiger partial charge on any atom is -0.487 e.